The van der Waals surface area contributed by atoms with Crippen molar-refractivity contribution in [1.29, 1.82) is 0 Å². The fourth-order valence-corrected chi connectivity index (χ4v) is 2.01. The van der Waals surface area contributed by atoms with E-state index >= 15 is 0 Å². The summed E-state index contributed by atoms with van der Waals surface area (Å²) in [6, 6.07) is 0. The van der Waals surface area contributed by atoms with Gasteiger partial charge in [0, 0.05) is 20.1 Å². The smallest absolute Gasteiger partial charge is 0.193 e. The maximum absolute atomic E-state index is 10.1. The number of nitrogens with zero attached hydrogens (tertiary/aromatic N) is 2. The minimum Gasteiger partial charge on any atom is -0.388 e. The Morgan fingerprint density at radius 2 is 2.21 bits per heavy atom. The zero-order valence-corrected chi connectivity index (χ0v) is 14.5. The molecule has 4 nitrogen and oxygen atoms in total. The molecule has 0 aromatic rings. The van der Waals surface area contributed by atoms with Crippen molar-refractivity contribution in [3.05, 3.63) is 12.7 Å². The van der Waals surface area contributed by atoms with E-state index in [9.17, 15) is 5.11 Å². The normalized spacial score (nSPS) is 17.1. The number of rotatable bonds is 7. The van der Waals surface area contributed by atoms with Gasteiger partial charge in [-0.3, -0.25) is 4.99 Å². The summed E-state index contributed by atoms with van der Waals surface area (Å²) in [5.41, 5.74) is -0.539. The van der Waals surface area contributed by atoms with Crippen LogP contribution in [0.2, 0.25) is 0 Å². The molecule has 0 aromatic carbocycles. The number of nitrogens with one attached hydrogen (secondary N) is 1. The van der Waals surface area contributed by atoms with Gasteiger partial charge in [-0.2, -0.15) is 0 Å². The first-order chi connectivity index (χ1) is 8.61. The van der Waals surface area contributed by atoms with Gasteiger partial charge >= 0.3 is 0 Å². The largest absolute Gasteiger partial charge is 0.388 e. The van der Waals surface area contributed by atoms with Gasteiger partial charge < -0.3 is 15.3 Å². The van der Waals surface area contributed by atoms with Gasteiger partial charge in [-0.15, -0.1) is 30.6 Å². The van der Waals surface area contributed by atoms with E-state index in [1.54, 1.807) is 0 Å². The molecule has 19 heavy (non-hydrogen) atoms. The van der Waals surface area contributed by atoms with Crippen molar-refractivity contribution in [3.63, 3.8) is 0 Å². The van der Waals surface area contributed by atoms with Crippen molar-refractivity contribution in [2.75, 3.05) is 26.7 Å². The Labute approximate surface area is 134 Å². The van der Waals surface area contributed by atoms with E-state index in [1.807, 2.05) is 13.1 Å². The first-order valence-corrected chi connectivity index (χ1v) is 6.94. The molecular weight excluding hydrogens is 353 g/mol. The zero-order chi connectivity index (χ0) is 13.4. The number of hydrogen-bond donors (Lipinski definition) is 2. The quantitative estimate of drug-likeness (QED) is 0.234. The Morgan fingerprint density at radius 1 is 1.53 bits per heavy atom. The van der Waals surface area contributed by atoms with Crippen molar-refractivity contribution in [1.82, 2.24) is 10.2 Å². The number of unbranched alkanes of at least 4 members (excludes halogenated alkanes) is 1. The molecule has 0 aromatic heterocycles. The summed E-state index contributed by atoms with van der Waals surface area (Å²) in [5, 5.41) is 13.3. The van der Waals surface area contributed by atoms with Crippen LogP contribution >= 0.6 is 24.0 Å². The third-order valence-electron chi connectivity index (χ3n) is 3.41. The van der Waals surface area contributed by atoms with Gasteiger partial charge in [-0.05, 0) is 39.0 Å². The van der Waals surface area contributed by atoms with E-state index in [1.165, 1.54) is 0 Å². The van der Waals surface area contributed by atoms with E-state index in [2.05, 4.69) is 28.7 Å². The van der Waals surface area contributed by atoms with Crippen LogP contribution in [0.5, 0.6) is 0 Å². The zero-order valence-electron chi connectivity index (χ0n) is 12.2. The van der Waals surface area contributed by atoms with Crippen LogP contribution < -0.4 is 5.32 Å². The van der Waals surface area contributed by atoms with Crippen molar-refractivity contribution in [2.45, 2.75) is 44.6 Å². The second-order valence-corrected chi connectivity index (χ2v) is 5.10. The minimum atomic E-state index is -0.539. The molecule has 2 N–H and O–H groups in total. The summed E-state index contributed by atoms with van der Waals surface area (Å²) in [7, 11) is 2.04. The highest BCUT2D eigenvalue weighted by Crippen LogP contribution is 2.31. The molecule has 1 aliphatic carbocycles. The Hall–Kier alpha value is -0.300. The predicted octanol–water partition coefficient (Wildman–Crippen LogP) is 2.38. The summed E-state index contributed by atoms with van der Waals surface area (Å²) < 4.78 is 0. The molecule has 0 bridgehead atoms. The SMILES string of the molecule is C=CCCCN(C)C(=NCC1(O)CCC1)NCC.I. The summed E-state index contributed by atoms with van der Waals surface area (Å²) in [5.74, 6) is 0.891. The Kier molecular flexibility index (Phi) is 9.43. The summed E-state index contributed by atoms with van der Waals surface area (Å²) in [6.45, 7) is 8.11. The Bertz CT molecular complexity index is 290. The molecule has 5 heteroatoms. The minimum absolute atomic E-state index is 0. The lowest BCUT2D eigenvalue weighted by molar-refractivity contribution is -0.0237. The molecule has 0 amide bonds. The van der Waals surface area contributed by atoms with Crippen LogP contribution in [0, 0.1) is 0 Å². The highest BCUT2D eigenvalue weighted by Gasteiger charge is 2.34. The molecule has 0 saturated heterocycles. The first kappa shape index (κ1) is 18.7. The van der Waals surface area contributed by atoms with Gasteiger partial charge in [0.1, 0.15) is 0 Å². The number of allylic oxidation sites excluding steroid dienone is 1. The van der Waals surface area contributed by atoms with Gasteiger partial charge in [0.25, 0.3) is 0 Å². The maximum atomic E-state index is 10.1. The van der Waals surface area contributed by atoms with Crippen LogP contribution in [0.15, 0.2) is 17.6 Å². The van der Waals surface area contributed by atoms with Gasteiger partial charge in [0.15, 0.2) is 5.96 Å². The van der Waals surface area contributed by atoms with Crippen molar-refractivity contribution >= 4 is 29.9 Å². The molecule has 1 aliphatic rings. The lowest BCUT2D eigenvalue weighted by Crippen LogP contribution is -2.44. The molecule has 0 unspecified atom stereocenters. The van der Waals surface area contributed by atoms with Crippen molar-refractivity contribution in [3.8, 4) is 0 Å². The van der Waals surface area contributed by atoms with E-state index < -0.39 is 5.60 Å². The molecular formula is C14H28IN3O. The van der Waals surface area contributed by atoms with Crippen LogP contribution in [0.4, 0.5) is 0 Å². The third-order valence-corrected chi connectivity index (χ3v) is 3.41. The lowest BCUT2D eigenvalue weighted by Gasteiger charge is -2.35. The fraction of sp³-hybridized carbons (Fsp3) is 0.786. The second kappa shape index (κ2) is 9.58. The average Bonchev–Trinajstić information content (AvgIpc) is 2.32. The highest BCUT2D eigenvalue weighted by molar-refractivity contribution is 14.0. The van der Waals surface area contributed by atoms with Crippen molar-refractivity contribution in [2.24, 2.45) is 4.99 Å². The van der Waals surface area contributed by atoms with E-state index in [0.717, 1.165) is 51.2 Å². The molecule has 0 spiro atoms. The second-order valence-electron chi connectivity index (χ2n) is 5.10. The average molecular weight is 381 g/mol. The Morgan fingerprint density at radius 3 is 2.68 bits per heavy atom. The van der Waals surface area contributed by atoms with Crippen LogP contribution in [-0.4, -0.2) is 48.2 Å². The van der Waals surface area contributed by atoms with Gasteiger partial charge in [0.2, 0.25) is 0 Å². The monoisotopic (exact) mass is 381 g/mol. The number of aliphatic hydroxyl groups is 1. The van der Waals surface area contributed by atoms with E-state index in [4.69, 9.17) is 0 Å². The highest BCUT2D eigenvalue weighted by atomic mass is 127. The standard InChI is InChI=1S/C14H27N3O.HI/c1-4-6-7-11-17(3)13(15-5-2)16-12-14(18)9-8-10-14;/h4,18H,1,5-12H2,2-3H3,(H,15,16);1H. The van der Waals surface area contributed by atoms with Crippen molar-refractivity contribution < 1.29 is 5.11 Å². The Balaban J connectivity index is 0.00000324. The fourth-order valence-electron chi connectivity index (χ4n) is 2.01. The van der Waals surface area contributed by atoms with Gasteiger partial charge in [0.05, 0.1) is 12.1 Å². The number of hydrogen-bond acceptors (Lipinski definition) is 2. The van der Waals surface area contributed by atoms with Gasteiger partial charge in [-0.25, -0.2) is 0 Å². The molecule has 1 saturated carbocycles. The first-order valence-electron chi connectivity index (χ1n) is 6.94. The van der Waals surface area contributed by atoms with E-state index in [0.29, 0.717) is 6.54 Å². The lowest BCUT2D eigenvalue weighted by atomic mass is 9.80. The number of guanidine groups is 1. The maximum Gasteiger partial charge on any atom is 0.193 e. The molecule has 1 rings (SSSR count). The molecule has 0 atom stereocenters. The van der Waals surface area contributed by atoms with Crippen LogP contribution in [0.3, 0.4) is 0 Å². The molecule has 112 valence electrons. The summed E-state index contributed by atoms with van der Waals surface area (Å²) >= 11 is 0. The predicted molar refractivity (Wildman–Crippen MR) is 92.3 cm³/mol. The van der Waals surface area contributed by atoms with Crippen LogP contribution in [0.1, 0.15) is 39.0 Å². The third kappa shape index (κ3) is 6.61. The molecule has 1 fully saturated rings. The van der Waals surface area contributed by atoms with Crippen LogP contribution in [-0.2, 0) is 0 Å². The molecule has 0 aliphatic heterocycles. The van der Waals surface area contributed by atoms with E-state index in [-0.39, 0.29) is 24.0 Å². The molecule has 0 radical (unpaired) electrons. The topological polar surface area (TPSA) is 47.9 Å². The van der Waals surface area contributed by atoms with Crippen LogP contribution in [0.25, 0.3) is 0 Å². The summed E-state index contributed by atoms with van der Waals surface area (Å²) in [4.78, 5) is 6.66. The molecule has 0 heterocycles. The summed E-state index contributed by atoms with van der Waals surface area (Å²) in [6.07, 6.45) is 6.93. The van der Waals surface area contributed by atoms with Gasteiger partial charge in [-0.1, -0.05) is 6.08 Å². The number of halogens is 1. The number of aliphatic imine (C=N–C) groups is 1.